The highest BCUT2D eigenvalue weighted by Gasteiger charge is 2.28. The SMILES string of the molecule is CCOC(=O)C[C@H](C)[C@@H](NC(=O)Cc1ccccc1)C(=O)O. The van der Waals surface area contributed by atoms with Crippen LogP contribution in [-0.2, 0) is 25.5 Å². The first-order chi connectivity index (χ1) is 10.4. The predicted molar refractivity (Wildman–Crippen MR) is 80.1 cm³/mol. The van der Waals surface area contributed by atoms with E-state index in [1.165, 1.54) is 0 Å². The van der Waals surface area contributed by atoms with Crippen LogP contribution >= 0.6 is 0 Å². The average molecular weight is 307 g/mol. The maximum Gasteiger partial charge on any atom is 0.326 e. The average Bonchev–Trinajstić information content (AvgIpc) is 2.45. The summed E-state index contributed by atoms with van der Waals surface area (Å²) in [4.78, 5) is 34.7. The van der Waals surface area contributed by atoms with Gasteiger partial charge in [-0.3, -0.25) is 9.59 Å². The number of carboxylic acids is 1. The molecule has 1 rings (SSSR count). The van der Waals surface area contributed by atoms with Gasteiger partial charge in [-0.15, -0.1) is 0 Å². The minimum atomic E-state index is -1.17. The number of rotatable bonds is 8. The van der Waals surface area contributed by atoms with Crippen molar-refractivity contribution in [2.45, 2.75) is 32.7 Å². The van der Waals surface area contributed by atoms with Crippen molar-refractivity contribution < 1.29 is 24.2 Å². The topological polar surface area (TPSA) is 92.7 Å². The van der Waals surface area contributed by atoms with Crippen molar-refractivity contribution in [2.24, 2.45) is 5.92 Å². The number of hydrogen-bond acceptors (Lipinski definition) is 4. The second kappa shape index (κ2) is 8.81. The molecule has 0 aliphatic rings. The fraction of sp³-hybridized carbons (Fsp3) is 0.438. The summed E-state index contributed by atoms with van der Waals surface area (Å²) >= 11 is 0. The largest absolute Gasteiger partial charge is 0.480 e. The Kier molecular flexibility index (Phi) is 7.08. The van der Waals surface area contributed by atoms with E-state index in [9.17, 15) is 19.5 Å². The van der Waals surface area contributed by atoms with Gasteiger partial charge in [-0.05, 0) is 18.4 Å². The Morgan fingerprint density at radius 3 is 2.41 bits per heavy atom. The molecule has 0 saturated carbocycles. The number of hydrogen-bond donors (Lipinski definition) is 2. The number of esters is 1. The highest BCUT2D eigenvalue weighted by Crippen LogP contribution is 2.11. The first-order valence-corrected chi connectivity index (χ1v) is 7.15. The van der Waals surface area contributed by atoms with Crippen molar-refractivity contribution in [3.05, 3.63) is 35.9 Å². The second-order valence-electron chi connectivity index (χ2n) is 5.03. The quantitative estimate of drug-likeness (QED) is 0.708. The van der Waals surface area contributed by atoms with Crippen molar-refractivity contribution in [3.63, 3.8) is 0 Å². The fourth-order valence-corrected chi connectivity index (χ4v) is 2.05. The minimum Gasteiger partial charge on any atom is -0.480 e. The summed E-state index contributed by atoms with van der Waals surface area (Å²) < 4.78 is 4.80. The van der Waals surface area contributed by atoms with Gasteiger partial charge in [0.1, 0.15) is 6.04 Å². The van der Waals surface area contributed by atoms with Crippen LogP contribution in [0.1, 0.15) is 25.8 Å². The van der Waals surface area contributed by atoms with Gasteiger partial charge in [-0.25, -0.2) is 4.79 Å². The number of aliphatic carboxylic acids is 1. The summed E-state index contributed by atoms with van der Waals surface area (Å²) in [6.07, 6.45) is 0.0349. The van der Waals surface area contributed by atoms with E-state index in [0.717, 1.165) is 5.56 Å². The summed E-state index contributed by atoms with van der Waals surface area (Å²) in [5, 5.41) is 11.7. The van der Waals surface area contributed by atoms with E-state index in [1.807, 2.05) is 6.07 Å². The van der Waals surface area contributed by atoms with Crippen LogP contribution in [0.4, 0.5) is 0 Å². The van der Waals surface area contributed by atoms with Gasteiger partial charge in [0.15, 0.2) is 0 Å². The number of carbonyl (C=O) groups is 3. The molecule has 0 heterocycles. The standard InChI is InChI=1S/C16H21NO5/c1-3-22-14(19)9-11(2)15(16(20)21)17-13(18)10-12-7-5-4-6-8-12/h4-8,11,15H,3,9-10H2,1-2H3,(H,17,18)(H,20,21)/t11-,15+/m0/s1. The number of amides is 1. The van der Waals surface area contributed by atoms with Crippen LogP contribution in [0.5, 0.6) is 0 Å². The lowest BCUT2D eigenvalue weighted by Gasteiger charge is -2.20. The molecular weight excluding hydrogens is 286 g/mol. The van der Waals surface area contributed by atoms with Crippen LogP contribution < -0.4 is 5.32 Å². The molecule has 2 atom stereocenters. The second-order valence-corrected chi connectivity index (χ2v) is 5.03. The number of ether oxygens (including phenoxy) is 1. The smallest absolute Gasteiger partial charge is 0.326 e. The molecule has 0 bridgehead atoms. The molecule has 0 radical (unpaired) electrons. The van der Waals surface area contributed by atoms with Gasteiger partial charge in [0, 0.05) is 0 Å². The Balaban J connectivity index is 2.61. The van der Waals surface area contributed by atoms with Crippen molar-refractivity contribution in [1.29, 1.82) is 0 Å². The molecule has 1 amide bonds. The maximum absolute atomic E-state index is 12.0. The van der Waals surface area contributed by atoms with Gasteiger partial charge < -0.3 is 15.2 Å². The zero-order valence-electron chi connectivity index (χ0n) is 12.7. The Hall–Kier alpha value is -2.37. The molecule has 6 heteroatoms. The van der Waals surface area contributed by atoms with E-state index in [0.29, 0.717) is 0 Å². The molecule has 0 aliphatic carbocycles. The van der Waals surface area contributed by atoms with E-state index in [2.05, 4.69) is 5.32 Å². The Morgan fingerprint density at radius 1 is 1.23 bits per heavy atom. The molecule has 0 saturated heterocycles. The van der Waals surface area contributed by atoms with Crippen LogP contribution in [0.3, 0.4) is 0 Å². The molecule has 0 unspecified atom stereocenters. The normalized spacial score (nSPS) is 13.0. The summed E-state index contributed by atoms with van der Waals surface area (Å²) in [6, 6.07) is 7.90. The lowest BCUT2D eigenvalue weighted by molar-refractivity contribution is -0.147. The molecule has 6 nitrogen and oxygen atoms in total. The van der Waals surface area contributed by atoms with E-state index < -0.39 is 29.8 Å². The van der Waals surface area contributed by atoms with Gasteiger partial charge in [0.2, 0.25) is 5.91 Å². The third kappa shape index (κ3) is 5.95. The van der Waals surface area contributed by atoms with Crippen molar-refractivity contribution in [2.75, 3.05) is 6.61 Å². The first-order valence-electron chi connectivity index (χ1n) is 7.15. The molecule has 120 valence electrons. The Labute approximate surface area is 129 Å². The minimum absolute atomic E-state index is 0.0591. The van der Waals surface area contributed by atoms with Crippen LogP contribution in [-0.4, -0.2) is 35.6 Å². The zero-order chi connectivity index (χ0) is 16.5. The molecule has 0 fully saturated rings. The predicted octanol–water partition coefficient (Wildman–Crippen LogP) is 1.39. The number of carbonyl (C=O) groups excluding carboxylic acids is 2. The maximum atomic E-state index is 12.0. The van der Waals surface area contributed by atoms with E-state index in [4.69, 9.17) is 4.74 Å². The third-order valence-electron chi connectivity index (χ3n) is 3.15. The summed E-state index contributed by atoms with van der Waals surface area (Å²) in [7, 11) is 0. The van der Waals surface area contributed by atoms with Crippen LogP contribution in [0.15, 0.2) is 30.3 Å². The van der Waals surface area contributed by atoms with E-state index in [1.54, 1.807) is 38.1 Å². The lowest BCUT2D eigenvalue weighted by atomic mass is 9.98. The van der Waals surface area contributed by atoms with Crippen molar-refractivity contribution in [1.82, 2.24) is 5.32 Å². The zero-order valence-corrected chi connectivity index (χ0v) is 12.7. The molecule has 0 aromatic heterocycles. The molecule has 1 aromatic rings. The lowest BCUT2D eigenvalue weighted by Crippen LogP contribution is -2.46. The van der Waals surface area contributed by atoms with Crippen LogP contribution in [0, 0.1) is 5.92 Å². The highest BCUT2D eigenvalue weighted by atomic mass is 16.5. The third-order valence-corrected chi connectivity index (χ3v) is 3.15. The molecule has 1 aromatic carbocycles. The van der Waals surface area contributed by atoms with Crippen LogP contribution in [0.2, 0.25) is 0 Å². The fourth-order valence-electron chi connectivity index (χ4n) is 2.05. The first kappa shape index (κ1) is 17.7. The van der Waals surface area contributed by atoms with Gasteiger partial charge in [-0.2, -0.15) is 0 Å². The van der Waals surface area contributed by atoms with Gasteiger partial charge >= 0.3 is 11.9 Å². The number of carboxylic acid groups (broad SMARTS) is 1. The van der Waals surface area contributed by atoms with E-state index in [-0.39, 0.29) is 19.4 Å². The Bertz CT molecular complexity index is 515. The molecular formula is C16H21NO5. The van der Waals surface area contributed by atoms with Crippen LogP contribution in [0.25, 0.3) is 0 Å². The summed E-state index contributed by atoms with van der Waals surface area (Å²) in [6.45, 7) is 3.51. The molecule has 0 spiro atoms. The highest BCUT2D eigenvalue weighted by molar-refractivity contribution is 5.85. The van der Waals surface area contributed by atoms with E-state index >= 15 is 0 Å². The molecule has 0 aliphatic heterocycles. The molecule has 22 heavy (non-hydrogen) atoms. The van der Waals surface area contributed by atoms with Crippen molar-refractivity contribution >= 4 is 17.8 Å². The van der Waals surface area contributed by atoms with Gasteiger partial charge in [-0.1, -0.05) is 37.3 Å². The Morgan fingerprint density at radius 2 is 1.86 bits per heavy atom. The summed E-state index contributed by atoms with van der Waals surface area (Å²) in [5.41, 5.74) is 0.794. The number of benzene rings is 1. The van der Waals surface area contributed by atoms with Gasteiger partial charge in [0.25, 0.3) is 0 Å². The monoisotopic (exact) mass is 307 g/mol. The number of nitrogens with one attached hydrogen (secondary N) is 1. The summed E-state index contributed by atoms with van der Waals surface area (Å²) in [5.74, 6) is -2.60. The molecule has 2 N–H and O–H groups in total. The van der Waals surface area contributed by atoms with Crippen molar-refractivity contribution in [3.8, 4) is 0 Å². The van der Waals surface area contributed by atoms with Gasteiger partial charge in [0.05, 0.1) is 19.4 Å².